The van der Waals surface area contributed by atoms with Crippen LogP contribution in [-0.2, 0) is 30.8 Å². The zero-order valence-corrected chi connectivity index (χ0v) is 16.1. The van der Waals surface area contributed by atoms with Gasteiger partial charge in [0, 0.05) is 10.7 Å². The molecule has 1 unspecified atom stereocenters. The van der Waals surface area contributed by atoms with Crippen LogP contribution in [0.5, 0.6) is 5.75 Å². The van der Waals surface area contributed by atoms with Crippen LogP contribution in [0.4, 0.5) is 5.69 Å². The van der Waals surface area contributed by atoms with Crippen LogP contribution in [0.15, 0.2) is 47.4 Å². The number of carbonyl (C=O) groups excluding carboxylic acids is 2. The first-order chi connectivity index (χ1) is 13.2. The minimum Gasteiger partial charge on any atom is -0.492 e. The van der Waals surface area contributed by atoms with E-state index in [0.717, 1.165) is 5.56 Å². The van der Waals surface area contributed by atoms with Gasteiger partial charge < -0.3 is 14.8 Å². The molecular formula is C18H17ClN2O6S. The molecule has 2 aromatic rings. The average molecular weight is 425 g/mol. The molecule has 0 saturated carbocycles. The maximum atomic E-state index is 12.2. The summed E-state index contributed by atoms with van der Waals surface area (Å²) in [4.78, 5) is 24.1. The van der Waals surface area contributed by atoms with E-state index in [4.69, 9.17) is 26.2 Å². The number of ether oxygens (including phenoxy) is 2. The van der Waals surface area contributed by atoms with Crippen molar-refractivity contribution in [1.82, 2.24) is 0 Å². The van der Waals surface area contributed by atoms with E-state index < -0.39 is 34.4 Å². The number of sulfonamides is 1. The first-order valence-corrected chi connectivity index (χ1v) is 10.2. The Balaban J connectivity index is 1.54. The molecule has 1 aliphatic heterocycles. The van der Waals surface area contributed by atoms with Crippen LogP contribution in [0, 0.1) is 5.92 Å². The van der Waals surface area contributed by atoms with Crippen LogP contribution in [0.3, 0.4) is 0 Å². The molecule has 0 bridgehead atoms. The number of amides is 1. The van der Waals surface area contributed by atoms with E-state index in [-0.39, 0.29) is 17.2 Å². The number of rotatable bonds is 5. The summed E-state index contributed by atoms with van der Waals surface area (Å²) in [5.74, 6) is -1.07. The van der Waals surface area contributed by atoms with Crippen LogP contribution in [0.1, 0.15) is 5.56 Å². The molecule has 0 fully saturated rings. The smallest absolute Gasteiger partial charge is 0.313 e. The second kappa shape index (κ2) is 8.17. The van der Waals surface area contributed by atoms with Gasteiger partial charge in [-0.25, -0.2) is 13.6 Å². The number of nitrogens with one attached hydrogen (secondary N) is 1. The number of hydrogen-bond acceptors (Lipinski definition) is 6. The van der Waals surface area contributed by atoms with Gasteiger partial charge in [-0.1, -0.05) is 17.7 Å². The number of benzene rings is 2. The molecule has 2 aromatic carbocycles. The Morgan fingerprint density at radius 3 is 2.79 bits per heavy atom. The first kappa shape index (κ1) is 20.1. The summed E-state index contributed by atoms with van der Waals surface area (Å²) in [6, 6.07) is 10.6. The van der Waals surface area contributed by atoms with Gasteiger partial charge in [0.15, 0.2) is 6.61 Å². The Bertz CT molecular complexity index is 1020. The Hall–Kier alpha value is -2.62. The number of primary sulfonamides is 1. The van der Waals surface area contributed by atoms with Crippen LogP contribution in [0.25, 0.3) is 0 Å². The van der Waals surface area contributed by atoms with E-state index in [9.17, 15) is 18.0 Å². The number of anilines is 1. The highest BCUT2D eigenvalue weighted by Gasteiger charge is 2.28. The molecule has 8 nitrogen and oxygen atoms in total. The highest BCUT2D eigenvalue weighted by atomic mass is 35.5. The molecule has 1 heterocycles. The van der Waals surface area contributed by atoms with Crippen LogP contribution < -0.4 is 15.2 Å². The third-order valence-corrected chi connectivity index (χ3v) is 5.20. The molecule has 0 spiro atoms. The number of carbonyl (C=O) groups is 2. The van der Waals surface area contributed by atoms with Gasteiger partial charge in [0.25, 0.3) is 5.91 Å². The molecule has 10 heteroatoms. The van der Waals surface area contributed by atoms with Crippen LogP contribution >= 0.6 is 11.6 Å². The molecule has 28 heavy (non-hydrogen) atoms. The van der Waals surface area contributed by atoms with Gasteiger partial charge >= 0.3 is 5.97 Å². The molecule has 1 aliphatic rings. The van der Waals surface area contributed by atoms with Gasteiger partial charge in [0.05, 0.1) is 10.8 Å². The fourth-order valence-electron chi connectivity index (χ4n) is 2.72. The molecule has 0 saturated heterocycles. The van der Waals surface area contributed by atoms with Crippen molar-refractivity contribution in [2.45, 2.75) is 11.3 Å². The van der Waals surface area contributed by atoms with E-state index in [1.54, 1.807) is 18.2 Å². The van der Waals surface area contributed by atoms with E-state index in [0.29, 0.717) is 17.2 Å². The van der Waals surface area contributed by atoms with Crippen molar-refractivity contribution in [3.8, 4) is 5.75 Å². The molecule has 3 N–H and O–H groups in total. The summed E-state index contributed by atoms with van der Waals surface area (Å²) < 4.78 is 33.3. The van der Waals surface area contributed by atoms with Gasteiger partial charge in [0.2, 0.25) is 10.0 Å². The molecule has 0 aromatic heterocycles. The molecule has 1 atom stereocenters. The predicted molar refractivity (Wildman–Crippen MR) is 102 cm³/mol. The summed E-state index contributed by atoms with van der Waals surface area (Å²) >= 11 is 5.95. The highest BCUT2D eigenvalue weighted by molar-refractivity contribution is 7.89. The molecule has 0 aliphatic carbocycles. The molecule has 148 valence electrons. The van der Waals surface area contributed by atoms with Crippen molar-refractivity contribution in [3.05, 3.63) is 53.1 Å². The number of hydrogen-bond donors (Lipinski definition) is 2. The topological polar surface area (TPSA) is 125 Å². The summed E-state index contributed by atoms with van der Waals surface area (Å²) in [7, 11) is -3.89. The minimum absolute atomic E-state index is 0.140. The minimum atomic E-state index is -3.89. The lowest BCUT2D eigenvalue weighted by molar-refractivity contribution is -0.152. The Labute approximate surface area is 166 Å². The van der Waals surface area contributed by atoms with Gasteiger partial charge in [-0.2, -0.15) is 0 Å². The Kier molecular flexibility index (Phi) is 5.87. The van der Waals surface area contributed by atoms with E-state index in [1.165, 1.54) is 24.3 Å². The molecular weight excluding hydrogens is 408 g/mol. The maximum Gasteiger partial charge on any atom is 0.313 e. The lowest BCUT2D eigenvalue weighted by Gasteiger charge is -2.24. The summed E-state index contributed by atoms with van der Waals surface area (Å²) in [6.45, 7) is -0.372. The Morgan fingerprint density at radius 1 is 1.25 bits per heavy atom. The zero-order valence-electron chi connectivity index (χ0n) is 14.6. The van der Waals surface area contributed by atoms with Crippen molar-refractivity contribution in [3.63, 3.8) is 0 Å². The maximum absolute atomic E-state index is 12.2. The second-order valence-electron chi connectivity index (χ2n) is 6.19. The fourth-order valence-corrected chi connectivity index (χ4v) is 3.47. The summed E-state index contributed by atoms with van der Waals surface area (Å²) in [5.41, 5.74) is 1.02. The van der Waals surface area contributed by atoms with Crippen LogP contribution in [-0.4, -0.2) is 33.5 Å². The standard InChI is InChI=1S/C18H17ClN2O6S/c19-13-4-5-16-11(7-13)6-12(9-26-16)18(23)27-10-17(22)21-14-2-1-3-15(8-14)28(20,24)25/h1-5,7-8,12H,6,9-10H2,(H,21,22)(H2,20,24,25). The summed E-state index contributed by atoms with van der Waals surface area (Å²) in [5, 5.41) is 8.04. The van der Waals surface area contributed by atoms with E-state index in [2.05, 4.69) is 5.32 Å². The van der Waals surface area contributed by atoms with E-state index >= 15 is 0 Å². The molecule has 1 amide bonds. The van der Waals surface area contributed by atoms with Crippen molar-refractivity contribution < 1.29 is 27.5 Å². The SMILES string of the molecule is NS(=O)(=O)c1cccc(NC(=O)COC(=O)C2COc3ccc(Cl)cc3C2)c1. The lowest BCUT2D eigenvalue weighted by Crippen LogP contribution is -2.32. The zero-order chi connectivity index (χ0) is 20.3. The molecule has 0 radical (unpaired) electrons. The van der Waals surface area contributed by atoms with Gasteiger partial charge in [-0.05, 0) is 48.4 Å². The number of fused-ring (bicyclic) bond motifs is 1. The molecule has 3 rings (SSSR count). The average Bonchev–Trinajstić information content (AvgIpc) is 2.65. The van der Waals surface area contributed by atoms with Crippen molar-refractivity contribution in [1.29, 1.82) is 0 Å². The third kappa shape index (κ3) is 5.00. The largest absolute Gasteiger partial charge is 0.492 e. The predicted octanol–water partition coefficient (Wildman–Crippen LogP) is 1.72. The highest BCUT2D eigenvalue weighted by Crippen LogP contribution is 2.30. The quantitative estimate of drug-likeness (QED) is 0.704. The first-order valence-electron chi connectivity index (χ1n) is 8.23. The Morgan fingerprint density at radius 2 is 2.04 bits per heavy atom. The van der Waals surface area contributed by atoms with Crippen molar-refractivity contribution in [2.75, 3.05) is 18.5 Å². The van der Waals surface area contributed by atoms with Crippen molar-refractivity contribution >= 4 is 39.2 Å². The fraction of sp³-hybridized carbons (Fsp3) is 0.222. The third-order valence-electron chi connectivity index (χ3n) is 4.05. The monoisotopic (exact) mass is 424 g/mol. The van der Waals surface area contributed by atoms with Gasteiger partial charge in [-0.3, -0.25) is 9.59 Å². The normalized spacial score (nSPS) is 15.9. The second-order valence-corrected chi connectivity index (χ2v) is 8.19. The number of esters is 1. The van der Waals surface area contributed by atoms with Crippen LogP contribution in [0.2, 0.25) is 5.02 Å². The van der Waals surface area contributed by atoms with E-state index in [1.807, 2.05) is 0 Å². The number of halogens is 1. The number of nitrogens with two attached hydrogens (primary N) is 1. The lowest BCUT2D eigenvalue weighted by atomic mass is 9.97. The summed E-state index contributed by atoms with van der Waals surface area (Å²) in [6.07, 6.45) is 0.396. The van der Waals surface area contributed by atoms with Gasteiger partial charge in [-0.15, -0.1) is 0 Å². The van der Waals surface area contributed by atoms with Crippen molar-refractivity contribution in [2.24, 2.45) is 11.1 Å². The van der Waals surface area contributed by atoms with Gasteiger partial charge in [0.1, 0.15) is 12.4 Å².